The SMILES string of the molecule is C=CCc1cc([N+](=O)[O-])ccc1NC(=O)C=C. The lowest BCUT2D eigenvalue weighted by atomic mass is 10.1. The Kier molecular flexibility index (Phi) is 4.16. The number of benzene rings is 1. The molecule has 1 amide bonds. The van der Waals surface area contributed by atoms with Crippen LogP contribution in [0.25, 0.3) is 0 Å². The average Bonchev–Trinajstić information content (AvgIpc) is 2.31. The van der Waals surface area contributed by atoms with E-state index >= 15 is 0 Å². The highest BCUT2D eigenvalue weighted by atomic mass is 16.6. The van der Waals surface area contributed by atoms with Crippen LogP contribution in [0.15, 0.2) is 43.5 Å². The van der Waals surface area contributed by atoms with Gasteiger partial charge in [0.15, 0.2) is 0 Å². The third kappa shape index (κ3) is 3.27. The largest absolute Gasteiger partial charge is 0.322 e. The molecule has 1 N–H and O–H groups in total. The van der Waals surface area contributed by atoms with Crippen LogP contribution in [0.4, 0.5) is 11.4 Å². The second kappa shape index (κ2) is 5.60. The van der Waals surface area contributed by atoms with Gasteiger partial charge < -0.3 is 5.32 Å². The standard InChI is InChI=1S/C12H12N2O3/c1-3-5-9-8-10(14(16)17)6-7-11(9)13-12(15)4-2/h3-4,6-8H,1-2,5H2,(H,13,15). The predicted octanol–water partition coefficient (Wildman–Crippen LogP) is 2.45. The zero-order valence-corrected chi connectivity index (χ0v) is 9.18. The molecule has 0 saturated carbocycles. The number of nitro groups is 1. The van der Waals surface area contributed by atoms with Crippen LogP contribution in [-0.4, -0.2) is 10.8 Å². The number of nitrogens with one attached hydrogen (secondary N) is 1. The van der Waals surface area contributed by atoms with Crippen LogP contribution in [0.3, 0.4) is 0 Å². The highest BCUT2D eigenvalue weighted by molar-refractivity contribution is 5.99. The minimum atomic E-state index is -0.480. The second-order valence-corrected chi connectivity index (χ2v) is 3.28. The highest BCUT2D eigenvalue weighted by Crippen LogP contribution is 2.22. The van der Waals surface area contributed by atoms with E-state index in [1.165, 1.54) is 18.2 Å². The van der Waals surface area contributed by atoms with Gasteiger partial charge in [0.1, 0.15) is 0 Å². The monoisotopic (exact) mass is 232 g/mol. The van der Waals surface area contributed by atoms with Crippen LogP contribution in [0.1, 0.15) is 5.56 Å². The molecule has 0 radical (unpaired) electrons. The van der Waals surface area contributed by atoms with Crippen molar-refractivity contribution >= 4 is 17.3 Å². The molecule has 0 aliphatic carbocycles. The Morgan fingerprint density at radius 3 is 2.71 bits per heavy atom. The first-order chi connectivity index (χ1) is 8.08. The number of amides is 1. The van der Waals surface area contributed by atoms with Crippen molar-refractivity contribution in [2.45, 2.75) is 6.42 Å². The number of carbonyl (C=O) groups excluding carboxylic acids is 1. The molecule has 0 spiro atoms. The molecule has 1 rings (SSSR count). The normalized spacial score (nSPS) is 9.41. The fraction of sp³-hybridized carbons (Fsp3) is 0.0833. The van der Waals surface area contributed by atoms with Gasteiger partial charge in [-0.1, -0.05) is 12.7 Å². The molecule has 5 heteroatoms. The number of carbonyl (C=O) groups is 1. The van der Waals surface area contributed by atoms with Gasteiger partial charge in [0.2, 0.25) is 5.91 Å². The number of rotatable bonds is 5. The Labute approximate surface area is 98.6 Å². The molecule has 1 aromatic carbocycles. The Morgan fingerprint density at radius 2 is 2.18 bits per heavy atom. The summed E-state index contributed by atoms with van der Waals surface area (Å²) in [5.41, 5.74) is 1.16. The minimum Gasteiger partial charge on any atom is -0.322 e. The van der Waals surface area contributed by atoms with Gasteiger partial charge in [-0.2, -0.15) is 0 Å². The first-order valence-corrected chi connectivity index (χ1v) is 4.90. The summed E-state index contributed by atoms with van der Waals surface area (Å²) in [7, 11) is 0. The molecular formula is C12H12N2O3. The lowest BCUT2D eigenvalue weighted by molar-refractivity contribution is -0.384. The van der Waals surface area contributed by atoms with Crippen molar-refractivity contribution in [1.82, 2.24) is 0 Å². The summed E-state index contributed by atoms with van der Waals surface area (Å²) in [6.07, 6.45) is 3.19. The van der Waals surface area contributed by atoms with Crippen LogP contribution in [-0.2, 0) is 11.2 Å². The summed E-state index contributed by atoms with van der Waals surface area (Å²) in [5.74, 6) is -0.357. The molecule has 0 heterocycles. The van der Waals surface area contributed by atoms with Gasteiger partial charge in [0.25, 0.3) is 5.69 Å². The van der Waals surface area contributed by atoms with E-state index in [0.717, 1.165) is 6.08 Å². The quantitative estimate of drug-likeness (QED) is 0.367. The zero-order chi connectivity index (χ0) is 12.8. The summed E-state index contributed by atoms with van der Waals surface area (Å²) in [4.78, 5) is 21.3. The van der Waals surface area contributed by atoms with E-state index in [4.69, 9.17) is 0 Å². The van der Waals surface area contributed by atoms with Crippen molar-refractivity contribution in [1.29, 1.82) is 0 Å². The van der Waals surface area contributed by atoms with Gasteiger partial charge in [-0.25, -0.2) is 0 Å². The maximum Gasteiger partial charge on any atom is 0.269 e. The number of nitrogens with zero attached hydrogens (tertiary/aromatic N) is 1. The number of anilines is 1. The zero-order valence-electron chi connectivity index (χ0n) is 9.18. The fourth-order valence-corrected chi connectivity index (χ4v) is 1.32. The first kappa shape index (κ1) is 12.6. The Bertz CT molecular complexity index is 481. The van der Waals surface area contributed by atoms with E-state index in [1.807, 2.05) is 0 Å². The summed E-state index contributed by atoms with van der Waals surface area (Å²) in [6.45, 7) is 6.91. The van der Waals surface area contributed by atoms with Crippen molar-refractivity contribution in [3.05, 3.63) is 59.2 Å². The van der Waals surface area contributed by atoms with Crippen LogP contribution in [0.5, 0.6) is 0 Å². The highest BCUT2D eigenvalue weighted by Gasteiger charge is 2.10. The van der Waals surface area contributed by atoms with Crippen LogP contribution in [0, 0.1) is 10.1 Å². The maximum absolute atomic E-state index is 11.2. The molecule has 0 atom stereocenters. The molecule has 0 fully saturated rings. The molecule has 1 aromatic rings. The third-order valence-corrected chi connectivity index (χ3v) is 2.11. The number of hydrogen-bond acceptors (Lipinski definition) is 3. The van der Waals surface area contributed by atoms with Gasteiger partial charge >= 0.3 is 0 Å². The lowest BCUT2D eigenvalue weighted by Gasteiger charge is -2.07. The summed E-state index contributed by atoms with van der Waals surface area (Å²) in [6, 6.07) is 4.25. The van der Waals surface area contributed by atoms with Gasteiger partial charge in [-0.3, -0.25) is 14.9 Å². The molecule has 0 unspecified atom stereocenters. The van der Waals surface area contributed by atoms with Crippen molar-refractivity contribution in [2.75, 3.05) is 5.32 Å². The Hall–Kier alpha value is -2.43. The van der Waals surface area contributed by atoms with Crippen LogP contribution in [0.2, 0.25) is 0 Å². The predicted molar refractivity (Wildman–Crippen MR) is 65.8 cm³/mol. The van der Waals surface area contributed by atoms with Gasteiger partial charge in [0, 0.05) is 17.8 Å². The topological polar surface area (TPSA) is 72.2 Å². The molecule has 0 aliphatic heterocycles. The second-order valence-electron chi connectivity index (χ2n) is 3.28. The van der Waals surface area contributed by atoms with E-state index in [9.17, 15) is 14.9 Å². The van der Waals surface area contributed by atoms with Crippen molar-refractivity contribution in [3.8, 4) is 0 Å². The molecule has 0 saturated heterocycles. The van der Waals surface area contributed by atoms with Gasteiger partial charge in [0.05, 0.1) is 4.92 Å². The molecule has 0 aromatic heterocycles. The van der Waals surface area contributed by atoms with Crippen LogP contribution >= 0.6 is 0 Å². The minimum absolute atomic E-state index is 0.0153. The average molecular weight is 232 g/mol. The first-order valence-electron chi connectivity index (χ1n) is 4.90. The summed E-state index contributed by atoms with van der Waals surface area (Å²) in [5, 5.41) is 13.2. The van der Waals surface area contributed by atoms with Crippen LogP contribution < -0.4 is 5.32 Å². The summed E-state index contributed by atoms with van der Waals surface area (Å²) >= 11 is 0. The van der Waals surface area contributed by atoms with Crippen molar-refractivity contribution in [2.24, 2.45) is 0 Å². The summed E-state index contributed by atoms with van der Waals surface area (Å²) < 4.78 is 0. The molecule has 88 valence electrons. The van der Waals surface area contributed by atoms with Gasteiger partial charge in [-0.05, 0) is 24.1 Å². The lowest BCUT2D eigenvalue weighted by Crippen LogP contribution is -2.09. The Morgan fingerprint density at radius 1 is 1.47 bits per heavy atom. The molecular weight excluding hydrogens is 220 g/mol. The van der Waals surface area contributed by atoms with Gasteiger partial charge in [-0.15, -0.1) is 6.58 Å². The van der Waals surface area contributed by atoms with E-state index in [1.54, 1.807) is 6.08 Å². The van der Waals surface area contributed by atoms with Crippen molar-refractivity contribution < 1.29 is 9.72 Å². The van der Waals surface area contributed by atoms with Crippen molar-refractivity contribution in [3.63, 3.8) is 0 Å². The molecule has 0 bridgehead atoms. The maximum atomic E-state index is 11.2. The van der Waals surface area contributed by atoms with E-state index in [2.05, 4.69) is 18.5 Å². The fourth-order valence-electron chi connectivity index (χ4n) is 1.32. The number of hydrogen-bond donors (Lipinski definition) is 1. The molecule has 5 nitrogen and oxygen atoms in total. The molecule has 17 heavy (non-hydrogen) atoms. The van der Waals surface area contributed by atoms with E-state index in [-0.39, 0.29) is 11.6 Å². The third-order valence-electron chi connectivity index (χ3n) is 2.11. The number of allylic oxidation sites excluding steroid dienone is 1. The molecule has 0 aliphatic rings. The Balaban J connectivity index is 3.11. The smallest absolute Gasteiger partial charge is 0.269 e. The van der Waals surface area contributed by atoms with E-state index < -0.39 is 4.92 Å². The van der Waals surface area contributed by atoms with E-state index in [0.29, 0.717) is 17.7 Å². The number of non-ortho nitro benzene ring substituents is 1. The number of nitro benzene ring substituents is 1.